The zero-order chi connectivity index (χ0) is 8.81. The van der Waals surface area contributed by atoms with Crippen LogP contribution in [0.15, 0.2) is 23.0 Å². The van der Waals surface area contributed by atoms with Crippen LogP contribution in [0.25, 0.3) is 0 Å². The molecule has 0 spiro atoms. The summed E-state index contributed by atoms with van der Waals surface area (Å²) in [7, 11) is 1.70. The van der Waals surface area contributed by atoms with Gasteiger partial charge in [0.2, 0.25) is 0 Å². The average Bonchev–Trinajstić information content (AvgIpc) is 2.56. The second-order valence-electron chi connectivity index (χ2n) is 2.80. The van der Waals surface area contributed by atoms with E-state index in [0.29, 0.717) is 0 Å². The number of methoxy groups -OCH3 is 1. The third-order valence-electron chi connectivity index (χ3n) is 1.83. The zero-order valence-corrected chi connectivity index (χ0v) is 7.32. The van der Waals surface area contributed by atoms with Crippen molar-refractivity contribution in [3.63, 3.8) is 0 Å². The van der Waals surface area contributed by atoms with E-state index in [2.05, 4.69) is 0 Å². The Hall–Kier alpha value is -0.800. The molecule has 1 heterocycles. The summed E-state index contributed by atoms with van der Waals surface area (Å²) >= 11 is 0. The summed E-state index contributed by atoms with van der Waals surface area (Å²) in [4.78, 5) is 0. The fraction of sp³-hybridized carbons (Fsp3) is 0.556. The monoisotopic (exact) mass is 169 g/mol. The molecule has 1 atom stereocenters. The van der Waals surface area contributed by atoms with Gasteiger partial charge in [0.15, 0.2) is 0 Å². The van der Waals surface area contributed by atoms with Crippen LogP contribution in [0.3, 0.4) is 0 Å². The van der Waals surface area contributed by atoms with Crippen LogP contribution in [0.2, 0.25) is 0 Å². The molecule has 1 aromatic heterocycles. The lowest BCUT2D eigenvalue weighted by atomic mass is 10.1. The normalized spacial score (nSPS) is 13.2. The van der Waals surface area contributed by atoms with Gasteiger partial charge in [0.1, 0.15) is 0 Å². The molecule has 0 amide bonds. The maximum Gasteiger partial charge on any atom is 0.0950 e. The molecule has 0 saturated heterocycles. The van der Waals surface area contributed by atoms with Gasteiger partial charge in [0.05, 0.1) is 12.5 Å². The van der Waals surface area contributed by atoms with E-state index in [4.69, 9.17) is 14.9 Å². The zero-order valence-electron chi connectivity index (χ0n) is 7.32. The van der Waals surface area contributed by atoms with Gasteiger partial charge >= 0.3 is 0 Å². The summed E-state index contributed by atoms with van der Waals surface area (Å²) in [6.45, 7) is 0.769. The fourth-order valence-electron chi connectivity index (χ4n) is 1.10. The van der Waals surface area contributed by atoms with Gasteiger partial charge in [-0.1, -0.05) is 0 Å². The van der Waals surface area contributed by atoms with E-state index < -0.39 is 0 Å². The van der Waals surface area contributed by atoms with Crippen molar-refractivity contribution in [2.24, 2.45) is 5.73 Å². The van der Waals surface area contributed by atoms with E-state index in [1.54, 1.807) is 19.6 Å². The van der Waals surface area contributed by atoms with E-state index >= 15 is 0 Å². The predicted molar refractivity (Wildman–Crippen MR) is 46.7 cm³/mol. The van der Waals surface area contributed by atoms with Crippen molar-refractivity contribution in [2.75, 3.05) is 13.7 Å². The molecule has 2 N–H and O–H groups in total. The topological polar surface area (TPSA) is 48.4 Å². The Kier molecular flexibility index (Phi) is 3.84. The highest BCUT2D eigenvalue weighted by atomic mass is 16.5. The van der Waals surface area contributed by atoms with Crippen LogP contribution in [0.5, 0.6) is 0 Å². The van der Waals surface area contributed by atoms with E-state index in [9.17, 15) is 0 Å². The largest absolute Gasteiger partial charge is 0.472 e. The van der Waals surface area contributed by atoms with Crippen molar-refractivity contribution >= 4 is 0 Å². The highest BCUT2D eigenvalue weighted by Gasteiger charge is 2.05. The number of hydrogen-bond donors (Lipinski definition) is 1. The predicted octanol–water partition coefficient (Wildman–Crippen LogP) is 1.71. The lowest BCUT2D eigenvalue weighted by Crippen LogP contribution is -2.09. The van der Waals surface area contributed by atoms with Gasteiger partial charge in [-0.05, 0) is 18.9 Å². The average molecular weight is 169 g/mol. The Morgan fingerprint density at radius 1 is 1.67 bits per heavy atom. The van der Waals surface area contributed by atoms with Crippen LogP contribution >= 0.6 is 0 Å². The van der Waals surface area contributed by atoms with Crippen LogP contribution in [0.1, 0.15) is 24.4 Å². The van der Waals surface area contributed by atoms with Crippen molar-refractivity contribution < 1.29 is 9.15 Å². The Morgan fingerprint density at radius 3 is 3.08 bits per heavy atom. The standard InChI is InChI=1S/C9H15NO2/c1-11-5-2-3-9(10)8-4-6-12-7-8/h4,6-7,9H,2-3,5,10H2,1H3. The summed E-state index contributed by atoms with van der Waals surface area (Å²) in [5.41, 5.74) is 6.93. The summed E-state index contributed by atoms with van der Waals surface area (Å²) in [5.74, 6) is 0. The highest BCUT2D eigenvalue weighted by Crippen LogP contribution is 2.15. The van der Waals surface area contributed by atoms with E-state index in [1.807, 2.05) is 6.07 Å². The van der Waals surface area contributed by atoms with Crippen LogP contribution in [0, 0.1) is 0 Å². The fourth-order valence-corrected chi connectivity index (χ4v) is 1.10. The maximum absolute atomic E-state index is 5.86. The van der Waals surface area contributed by atoms with Gasteiger partial charge in [0, 0.05) is 25.3 Å². The first kappa shape index (κ1) is 9.29. The van der Waals surface area contributed by atoms with Crippen LogP contribution in [-0.4, -0.2) is 13.7 Å². The van der Waals surface area contributed by atoms with Gasteiger partial charge < -0.3 is 14.9 Å². The molecule has 0 saturated carbocycles. The highest BCUT2D eigenvalue weighted by molar-refractivity contribution is 5.10. The molecule has 0 aliphatic carbocycles. The minimum atomic E-state index is 0.0823. The molecule has 3 heteroatoms. The quantitative estimate of drug-likeness (QED) is 0.682. The van der Waals surface area contributed by atoms with Gasteiger partial charge in [-0.25, -0.2) is 0 Å². The molecule has 0 aromatic carbocycles. The third kappa shape index (κ3) is 2.68. The first-order valence-electron chi connectivity index (χ1n) is 4.11. The van der Waals surface area contributed by atoms with E-state index in [1.165, 1.54) is 0 Å². The number of ether oxygens (including phenoxy) is 1. The number of furan rings is 1. The Labute approximate surface area is 72.5 Å². The molecule has 1 rings (SSSR count). The summed E-state index contributed by atoms with van der Waals surface area (Å²) in [5, 5.41) is 0. The van der Waals surface area contributed by atoms with Crippen molar-refractivity contribution in [2.45, 2.75) is 18.9 Å². The molecule has 0 aliphatic rings. The van der Waals surface area contributed by atoms with Crippen LogP contribution < -0.4 is 5.73 Å². The molecule has 1 aromatic rings. The van der Waals surface area contributed by atoms with Gasteiger partial charge in [-0.2, -0.15) is 0 Å². The van der Waals surface area contributed by atoms with Gasteiger partial charge in [0.25, 0.3) is 0 Å². The Balaban J connectivity index is 2.25. The third-order valence-corrected chi connectivity index (χ3v) is 1.83. The van der Waals surface area contributed by atoms with Gasteiger partial charge in [-0.15, -0.1) is 0 Å². The van der Waals surface area contributed by atoms with E-state index in [0.717, 1.165) is 25.0 Å². The van der Waals surface area contributed by atoms with Gasteiger partial charge in [-0.3, -0.25) is 0 Å². The molecule has 1 unspecified atom stereocenters. The number of hydrogen-bond acceptors (Lipinski definition) is 3. The lowest BCUT2D eigenvalue weighted by molar-refractivity contribution is 0.190. The Bertz CT molecular complexity index is 196. The molecule has 0 bridgehead atoms. The molecular weight excluding hydrogens is 154 g/mol. The van der Waals surface area contributed by atoms with Crippen LogP contribution in [-0.2, 0) is 4.74 Å². The summed E-state index contributed by atoms with van der Waals surface area (Å²) < 4.78 is 9.86. The first-order chi connectivity index (χ1) is 5.84. The smallest absolute Gasteiger partial charge is 0.0950 e. The molecular formula is C9H15NO2. The summed E-state index contributed by atoms with van der Waals surface area (Å²) in [6, 6.07) is 1.98. The molecule has 12 heavy (non-hydrogen) atoms. The Morgan fingerprint density at radius 2 is 2.50 bits per heavy atom. The maximum atomic E-state index is 5.86. The second-order valence-corrected chi connectivity index (χ2v) is 2.80. The summed E-state index contributed by atoms with van der Waals surface area (Å²) in [6.07, 6.45) is 5.26. The first-order valence-corrected chi connectivity index (χ1v) is 4.11. The van der Waals surface area contributed by atoms with E-state index in [-0.39, 0.29) is 6.04 Å². The molecule has 0 fully saturated rings. The SMILES string of the molecule is COCCCC(N)c1ccoc1. The minimum Gasteiger partial charge on any atom is -0.472 e. The minimum absolute atomic E-state index is 0.0823. The number of rotatable bonds is 5. The molecule has 68 valence electrons. The van der Waals surface area contributed by atoms with Crippen molar-refractivity contribution in [3.8, 4) is 0 Å². The lowest BCUT2D eigenvalue weighted by Gasteiger charge is -2.07. The van der Waals surface area contributed by atoms with Crippen LogP contribution in [0.4, 0.5) is 0 Å². The number of nitrogens with two attached hydrogens (primary N) is 1. The van der Waals surface area contributed by atoms with Crippen molar-refractivity contribution in [1.82, 2.24) is 0 Å². The molecule has 3 nitrogen and oxygen atoms in total. The molecule has 0 radical (unpaired) electrons. The van der Waals surface area contributed by atoms with Crippen molar-refractivity contribution in [1.29, 1.82) is 0 Å². The van der Waals surface area contributed by atoms with Crippen molar-refractivity contribution in [3.05, 3.63) is 24.2 Å². The second kappa shape index (κ2) is 4.95. The molecule has 0 aliphatic heterocycles.